The minimum absolute atomic E-state index is 0.0307. The Bertz CT molecular complexity index is 853. The number of hydrogen-bond donors (Lipinski definition) is 0. The molecule has 3 heteroatoms. The lowest BCUT2D eigenvalue weighted by Gasteiger charge is -2.05. The summed E-state index contributed by atoms with van der Waals surface area (Å²) >= 11 is 3.36. The van der Waals surface area contributed by atoms with Crippen molar-refractivity contribution in [3.63, 3.8) is 0 Å². The van der Waals surface area contributed by atoms with E-state index in [0.29, 0.717) is 5.56 Å². The molecule has 0 aliphatic rings. The molecule has 0 atom stereocenters. The molecule has 0 aromatic heterocycles. The molecule has 0 N–H and O–H groups in total. The standard InChI is InChI=1S/C21H15BrO2/c22-18-12-10-17(11-13-18)21(23)14-9-16-5-4-8-20(15-16)24-19-6-2-1-3-7-19/h1-15H/b14-9+. The van der Waals surface area contributed by atoms with Gasteiger partial charge in [0.25, 0.3) is 0 Å². The van der Waals surface area contributed by atoms with Crippen LogP contribution in [0.15, 0.2) is 89.4 Å². The summed E-state index contributed by atoms with van der Waals surface area (Å²) in [6, 6.07) is 24.5. The van der Waals surface area contributed by atoms with Crippen molar-refractivity contribution in [1.29, 1.82) is 0 Å². The van der Waals surface area contributed by atoms with E-state index >= 15 is 0 Å². The van der Waals surface area contributed by atoms with Crippen molar-refractivity contribution in [2.45, 2.75) is 0 Å². The molecule has 0 unspecified atom stereocenters. The predicted molar refractivity (Wildman–Crippen MR) is 100 cm³/mol. The molecule has 0 amide bonds. The summed E-state index contributed by atoms with van der Waals surface area (Å²) in [5, 5.41) is 0. The van der Waals surface area contributed by atoms with Gasteiger partial charge < -0.3 is 4.74 Å². The Morgan fingerprint density at radius 3 is 2.29 bits per heavy atom. The lowest BCUT2D eigenvalue weighted by Crippen LogP contribution is -1.93. The Labute approximate surface area is 149 Å². The molecule has 0 saturated heterocycles. The fourth-order valence-electron chi connectivity index (χ4n) is 2.19. The summed E-state index contributed by atoms with van der Waals surface area (Å²) < 4.78 is 6.75. The third-order valence-electron chi connectivity index (χ3n) is 3.39. The van der Waals surface area contributed by atoms with Crippen molar-refractivity contribution in [2.75, 3.05) is 0 Å². The zero-order valence-corrected chi connectivity index (χ0v) is 14.4. The van der Waals surface area contributed by atoms with Crippen LogP contribution in [0.25, 0.3) is 6.08 Å². The zero-order chi connectivity index (χ0) is 16.8. The molecular weight excluding hydrogens is 364 g/mol. The Balaban J connectivity index is 1.72. The molecule has 3 aromatic rings. The number of para-hydroxylation sites is 1. The smallest absolute Gasteiger partial charge is 0.185 e. The molecule has 0 saturated carbocycles. The molecule has 24 heavy (non-hydrogen) atoms. The summed E-state index contributed by atoms with van der Waals surface area (Å²) in [5.74, 6) is 1.49. The van der Waals surface area contributed by atoms with Crippen molar-refractivity contribution in [2.24, 2.45) is 0 Å². The SMILES string of the molecule is O=C(/C=C/c1cccc(Oc2ccccc2)c1)c1ccc(Br)cc1. The maximum absolute atomic E-state index is 12.2. The average Bonchev–Trinajstić information content (AvgIpc) is 2.61. The fourth-order valence-corrected chi connectivity index (χ4v) is 2.45. The largest absolute Gasteiger partial charge is 0.457 e. The van der Waals surface area contributed by atoms with E-state index in [1.54, 1.807) is 24.3 Å². The van der Waals surface area contributed by atoms with E-state index < -0.39 is 0 Å². The Hall–Kier alpha value is -2.65. The van der Waals surface area contributed by atoms with Crippen molar-refractivity contribution in [3.05, 3.63) is 101 Å². The summed E-state index contributed by atoms with van der Waals surface area (Å²) in [5.41, 5.74) is 1.57. The van der Waals surface area contributed by atoms with E-state index in [2.05, 4.69) is 15.9 Å². The van der Waals surface area contributed by atoms with Crippen LogP contribution in [0.3, 0.4) is 0 Å². The Morgan fingerprint density at radius 1 is 0.833 bits per heavy atom. The van der Waals surface area contributed by atoms with Crippen LogP contribution in [0.5, 0.6) is 11.5 Å². The maximum atomic E-state index is 12.2. The second-order valence-electron chi connectivity index (χ2n) is 5.19. The van der Waals surface area contributed by atoms with Gasteiger partial charge >= 0.3 is 0 Å². The third kappa shape index (κ3) is 4.43. The first-order chi connectivity index (χ1) is 11.7. The maximum Gasteiger partial charge on any atom is 0.185 e. The van der Waals surface area contributed by atoms with Crippen LogP contribution in [-0.2, 0) is 0 Å². The topological polar surface area (TPSA) is 26.3 Å². The number of hydrogen-bond acceptors (Lipinski definition) is 2. The lowest BCUT2D eigenvalue weighted by atomic mass is 10.1. The van der Waals surface area contributed by atoms with Crippen molar-refractivity contribution in [3.8, 4) is 11.5 Å². The molecule has 118 valence electrons. The average molecular weight is 379 g/mol. The Kier molecular flexibility index (Phi) is 5.24. The highest BCUT2D eigenvalue weighted by molar-refractivity contribution is 9.10. The number of halogens is 1. The normalized spacial score (nSPS) is 10.7. The number of carbonyl (C=O) groups excluding carboxylic acids is 1. The Morgan fingerprint density at radius 2 is 1.54 bits per heavy atom. The zero-order valence-electron chi connectivity index (χ0n) is 12.9. The molecule has 0 aliphatic carbocycles. The first-order valence-corrected chi connectivity index (χ1v) is 8.31. The molecule has 0 aliphatic heterocycles. The van der Waals surface area contributed by atoms with Gasteiger partial charge in [0, 0.05) is 10.0 Å². The van der Waals surface area contributed by atoms with Crippen molar-refractivity contribution in [1.82, 2.24) is 0 Å². The molecule has 0 spiro atoms. The van der Waals surface area contributed by atoms with Crippen molar-refractivity contribution < 1.29 is 9.53 Å². The lowest BCUT2D eigenvalue weighted by molar-refractivity contribution is 0.104. The third-order valence-corrected chi connectivity index (χ3v) is 3.92. The first-order valence-electron chi connectivity index (χ1n) is 7.52. The summed E-state index contributed by atoms with van der Waals surface area (Å²) in [7, 11) is 0. The fraction of sp³-hybridized carbons (Fsp3) is 0. The van der Waals surface area contributed by atoms with Gasteiger partial charge in [-0.1, -0.05) is 52.3 Å². The summed E-state index contributed by atoms with van der Waals surface area (Å²) in [6.07, 6.45) is 3.37. The van der Waals surface area contributed by atoms with Gasteiger partial charge in [-0.05, 0) is 60.2 Å². The van der Waals surface area contributed by atoms with Crippen LogP contribution >= 0.6 is 15.9 Å². The summed E-state index contributed by atoms with van der Waals surface area (Å²) in [4.78, 5) is 12.2. The molecule has 0 radical (unpaired) electrons. The van der Waals surface area contributed by atoms with Gasteiger partial charge in [-0.2, -0.15) is 0 Å². The van der Waals surface area contributed by atoms with Crippen LogP contribution in [0.2, 0.25) is 0 Å². The first kappa shape index (κ1) is 16.2. The molecular formula is C21H15BrO2. The van der Waals surface area contributed by atoms with Gasteiger partial charge in [0.1, 0.15) is 11.5 Å². The van der Waals surface area contributed by atoms with E-state index in [9.17, 15) is 4.79 Å². The minimum atomic E-state index is -0.0307. The van der Waals surface area contributed by atoms with Crippen molar-refractivity contribution >= 4 is 27.8 Å². The van der Waals surface area contributed by atoms with Gasteiger partial charge in [0.05, 0.1) is 0 Å². The van der Waals surface area contributed by atoms with Crippen LogP contribution in [0.1, 0.15) is 15.9 Å². The van der Waals surface area contributed by atoms with E-state index in [-0.39, 0.29) is 5.78 Å². The van der Waals surface area contributed by atoms with Crippen LogP contribution in [0, 0.1) is 0 Å². The number of rotatable bonds is 5. The molecule has 0 bridgehead atoms. The number of carbonyl (C=O) groups is 1. The van der Waals surface area contributed by atoms with Crippen LogP contribution < -0.4 is 4.74 Å². The molecule has 3 aromatic carbocycles. The van der Waals surface area contributed by atoms with Gasteiger partial charge in [-0.3, -0.25) is 4.79 Å². The highest BCUT2D eigenvalue weighted by Gasteiger charge is 2.02. The quantitative estimate of drug-likeness (QED) is 0.393. The molecule has 0 heterocycles. The number of ether oxygens (including phenoxy) is 1. The molecule has 0 fully saturated rings. The molecule has 2 nitrogen and oxygen atoms in total. The summed E-state index contributed by atoms with van der Waals surface area (Å²) in [6.45, 7) is 0. The highest BCUT2D eigenvalue weighted by Crippen LogP contribution is 2.22. The van der Waals surface area contributed by atoms with Gasteiger partial charge in [-0.15, -0.1) is 0 Å². The second-order valence-corrected chi connectivity index (χ2v) is 6.11. The number of allylic oxidation sites excluding steroid dienone is 1. The minimum Gasteiger partial charge on any atom is -0.457 e. The van der Waals surface area contributed by atoms with Gasteiger partial charge in [0.2, 0.25) is 0 Å². The highest BCUT2D eigenvalue weighted by atomic mass is 79.9. The monoisotopic (exact) mass is 378 g/mol. The molecule has 3 rings (SSSR count). The van der Waals surface area contributed by atoms with E-state index in [4.69, 9.17) is 4.74 Å². The number of ketones is 1. The number of benzene rings is 3. The van der Waals surface area contributed by atoms with E-state index in [0.717, 1.165) is 21.5 Å². The second kappa shape index (κ2) is 7.75. The van der Waals surface area contributed by atoms with E-state index in [1.165, 1.54) is 0 Å². The van der Waals surface area contributed by atoms with Crippen LogP contribution in [0.4, 0.5) is 0 Å². The van der Waals surface area contributed by atoms with E-state index in [1.807, 2.05) is 66.7 Å². The van der Waals surface area contributed by atoms with Gasteiger partial charge in [-0.25, -0.2) is 0 Å². The predicted octanol–water partition coefficient (Wildman–Crippen LogP) is 6.14. The van der Waals surface area contributed by atoms with Gasteiger partial charge in [0.15, 0.2) is 5.78 Å². The van der Waals surface area contributed by atoms with Crippen LogP contribution in [-0.4, -0.2) is 5.78 Å².